The lowest BCUT2D eigenvalue weighted by atomic mass is 9.83. The molecule has 1 aromatic carbocycles. The first-order valence-corrected chi connectivity index (χ1v) is 6.70. The van der Waals surface area contributed by atoms with E-state index in [-0.39, 0.29) is 0 Å². The van der Waals surface area contributed by atoms with Crippen LogP contribution in [0.4, 0.5) is 0 Å². The first-order chi connectivity index (χ1) is 8.31. The molecule has 0 radical (unpaired) electrons. The number of nitrogens with two attached hydrogens (primary N) is 1. The monoisotopic (exact) mass is 230 g/mol. The average Bonchev–Trinajstić information content (AvgIpc) is 2.40. The number of hydrogen-bond acceptors (Lipinski definition) is 1. The highest BCUT2D eigenvalue weighted by atomic mass is 14.9. The van der Waals surface area contributed by atoms with Gasteiger partial charge in [-0.3, -0.25) is 4.99 Å². The van der Waals surface area contributed by atoms with Crippen molar-refractivity contribution >= 4 is 5.84 Å². The van der Waals surface area contributed by atoms with Crippen LogP contribution in [-0.4, -0.2) is 11.9 Å². The van der Waals surface area contributed by atoms with Gasteiger partial charge < -0.3 is 5.73 Å². The van der Waals surface area contributed by atoms with Gasteiger partial charge in [-0.2, -0.15) is 0 Å². The number of nitrogens with zero attached hydrogens (tertiary/aromatic N) is 1. The summed E-state index contributed by atoms with van der Waals surface area (Å²) in [6.07, 6.45) is 6.39. The molecule has 0 aromatic heterocycles. The number of rotatable bonds is 3. The van der Waals surface area contributed by atoms with E-state index in [0.717, 1.165) is 11.5 Å². The van der Waals surface area contributed by atoms with Gasteiger partial charge in [-0.1, -0.05) is 56.5 Å². The summed E-state index contributed by atoms with van der Waals surface area (Å²) in [7, 11) is 0. The first-order valence-electron chi connectivity index (χ1n) is 6.70. The predicted molar refractivity (Wildman–Crippen MR) is 73.2 cm³/mol. The van der Waals surface area contributed by atoms with E-state index in [9.17, 15) is 0 Å². The maximum Gasteiger partial charge on any atom is 0.125 e. The maximum absolute atomic E-state index is 6.09. The summed E-state index contributed by atoms with van der Waals surface area (Å²) < 4.78 is 0. The molecule has 0 bridgehead atoms. The quantitative estimate of drug-likeness (QED) is 0.627. The molecule has 2 nitrogen and oxygen atoms in total. The van der Waals surface area contributed by atoms with Crippen LogP contribution in [0.1, 0.15) is 44.6 Å². The summed E-state index contributed by atoms with van der Waals surface area (Å²) in [6, 6.07) is 10.5. The first kappa shape index (κ1) is 12.2. The third-order valence-electron chi connectivity index (χ3n) is 3.77. The summed E-state index contributed by atoms with van der Waals surface area (Å²) in [5, 5.41) is 0. The third kappa shape index (κ3) is 3.09. The van der Waals surface area contributed by atoms with Gasteiger partial charge in [0.1, 0.15) is 5.84 Å². The average molecular weight is 230 g/mol. The lowest BCUT2D eigenvalue weighted by molar-refractivity contribution is 0.302. The van der Waals surface area contributed by atoms with Gasteiger partial charge >= 0.3 is 0 Å². The van der Waals surface area contributed by atoms with Crippen molar-refractivity contribution in [3.63, 3.8) is 0 Å². The van der Waals surface area contributed by atoms with Crippen molar-refractivity contribution in [3.8, 4) is 0 Å². The highest BCUT2D eigenvalue weighted by Crippen LogP contribution is 2.29. The van der Waals surface area contributed by atoms with Crippen molar-refractivity contribution in [1.82, 2.24) is 0 Å². The van der Waals surface area contributed by atoms with Crippen molar-refractivity contribution in [2.75, 3.05) is 0 Å². The molecule has 0 spiro atoms. The minimum Gasteiger partial charge on any atom is -0.383 e. The van der Waals surface area contributed by atoms with Crippen LogP contribution in [-0.2, 0) is 0 Å². The Bertz CT molecular complexity index is 370. The fraction of sp³-hybridized carbons (Fsp3) is 0.533. The molecule has 0 heterocycles. The molecule has 0 amide bonds. The van der Waals surface area contributed by atoms with Gasteiger partial charge in [0.25, 0.3) is 0 Å². The molecule has 2 heteroatoms. The smallest absolute Gasteiger partial charge is 0.125 e. The highest BCUT2D eigenvalue weighted by molar-refractivity contribution is 5.97. The van der Waals surface area contributed by atoms with Gasteiger partial charge in [-0.05, 0) is 18.8 Å². The molecule has 2 N–H and O–H groups in total. The molecule has 1 aliphatic rings. The molecule has 1 saturated carbocycles. The molecule has 1 aliphatic carbocycles. The molecule has 92 valence electrons. The van der Waals surface area contributed by atoms with E-state index in [2.05, 4.69) is 6.92 Å². The zero-order chi connectivity index (χ0) is 12.1. The molecule has 2 atom stereocenters. The van der Waals surface area contributed by atoms with E-state index in [1.54, 1.807) is 0 Å². The van der Waals surface area contributed by atoms with Crippen LogP contribution in [0.5, 0.6) is 0 Å². The third-order valence-corrected chi connectivity index (χ3v) is 3.77. The second-order valence-corrected chi connectivity index (χ2v) is 4.90. The van der Waals surface area contributed by atoms with Gasteiger partial charge in [0.15, 0.2) is 0 Å². The molecule has 0 saturated heterocycles. The molecule has 2 rings (SSSR count). The number of aliphatic imine (C=N–C) groups is 1. The molecule has 1 fully saturated rings. The minimum atomic E-state index is 0.439. The van der Waals surface area contributed by atoms with Crippen LogP contribution in [0.2, 0.25) is 0 Å². The van der Waals surface area contributed by atoms with Crippen LogP contribution in [0.3, 0.4) is 0 Å². The van der Waals surface area contributed by atoms with Crippen molar-refractivity contribution in [3.05, 3.63) is 35.9 Å². The molecule has 1 aromatic rings. The largest absolute Gasteiger partial charge is 0.383 e. The molecular weight excluding hydrogens is 208 g/mol. The summed E-state index contributed by atoms with van der Waals surface area (Å²) in [5.41, 5.74) is 7.14. The van der Waals surface area contributed by atoms with E-state index >= 15 is 0 Å². The maximum atomic E-state index is 6.09. The second kappa shape index (κ2) is 5.85. The summed E-state index contributed by atoms with van der Waals surface area (Å²) in [5.74, 6) is 1.43. The van der Waals surface area contributed by atoms with Crippen molar-refractivity contribution in [2.45, 2.75) is 45.1 Å². The Hall–Kier alpha value is -1.31. The van der Waals surface area contributed by atoms with Gasteiger partial charge in [0, 0.05) is 5.56 Å². The van der Waals surface area contributed by atoms with Crippen LogP contribution >= 0.6 is 0 Å². The van der Waals surface area contributed by atoms with Crippen molar-refractivity contribution < 1.29 is 0 Å². The standard InChI is InChI=1S/C15H22N2/c1-2-12-8-6-7-11-14(12)17-15(16)13-9-4-3-5-10-13/h3-5,9-10,12,14H,2,6-8,11H2,1H3,(H2,16,17). The lowest BCUT2D eigenvalue weighted by Crippen LogP contribution is -2.26. The summed E-state index contributed by atoms with van der Waals surface area (Å²) in [4.78, 5) is 4.75. The van der Waals surface area contributed by atoms with Crippen LogP contribution < -0.4 is 5.73 Å². The number of amidine groups is 1. The predicted octanol–water partition coefficient (Wildman–Crippen LogP) is 3.36. The summed E-state index contributed by atoms with van der Waals surface area (Å²) in [6.45, 7) is 2.26. The Kier molecular flexibility index (Phi) is 4.18. The van der Waals surface area contributed by atoms with E-state index in [1.165, 1.54) is 32.1 Å². The van der Waals surface area contributed by atoms with E-state index in [0.29, 0.717) is 11.9 Å². The Balaban J connectivity index is 2.12. The lowest BCUT2D eigenvalue weighted by Gasteiger charge is -2.28. The number of hydrogen-bond donors (Lipinski definition) is 1. The van der Waals surface area contributed by atoms with E-state index in [4.69, 9.17) is 10.7 Å². The Morgan fingerprint density at radius 2 is 1.94 bits per heavy atom. The second-order valence-electron chi connectivity index (χ2n) is 4.90. The summed E-state index contributed by atoms with van der Waals surface area (Å²) >= 11 is 0. The van der Waals surface area contributed by atoms with Gasteiger partial charge in [-0.15, -0.1) is 0 Å². The zero-order valence-electron chi connectivity index (χ0n) is 10.6. The van der Waals surface area contributed by atoms with E-state index < -0.39 is 0 Å². The molecular formula is C15H22N2. The highest BCUT2D eigenvalue weighted by Gasteiger charge is 2.23. The Morgan fingerprint density at radius 3 is 2.65 bits per heavy atom. The van der Waals surface area contributed by atoms with Gasteiger partial charge in [0.05, 0.1) is 6.04 Å². The van der Waals surface area contributed by atoms with Gasteiger partial charge in [-0.25, -0.2) is 0 Å². The molecule has 17 heavy (non-hydrogen) atoms. The fourth-order valence-corrected chi connectivity index (χ4v) is 2.70. The van der Waals surface area contributed by atoms with Gasteiger partial charge in [0.2, 0.25) is 0 Å². The topological polar surface area (TPSA) is 38.4 Å². The van der Waals surface area contributed by atoms with Crippen LogP contribution in [0.25, 0.3) is 0 Å². The molecule has 2 unspecified atom stereocenters. The van der Waals surface area contributed by atoms with Crippen LogP contribution in [0, 0.1) is 5.92 Å². The Labute approximate surface area is 104 Å². The number of benzene rings is 1. The Morgan fingerprint density at radius 1 is 1.24 bits per heavy atom. The van der Waals surface area contributed by atoms with Crippen LogP contribution in [0.15, 0.2) is 35.3 Å². The zero-order valence-corrected chi connectivity index (χ0v) is 10.6. The molecule has 0 aliphatic heterocycles. The van der Waals surface area contributed by atoms with Crippen molar-refractivity contribution in [1.29, 1.82) is 0 Å². The van der Waals surface area contributed by atoms with E-state index in [1.807, 2.05) is 30.3 Å². The fourth-order valence-electron chi connectivity index (χ4n) is 2.70. The SMILES string of the molecule is CCC1CCCCC1N=C(N)c1ccccc1. The normalized spacial score (nSPS) is 25.8. The minimum absolute atomic E-state index is 0.439. The van der Waals surface area contributed by atoms with Crippen molar-refractivity contribution in [2.24, 2.45) is 16.6 Å².